The molecular weight excluding hydrogens is 556 g/mol. The Morgan fingerprint density at radius 1 is 0.587 bits per heavy atom. The summed E-state index contributed by atoms with van der Waals surface area (Å²) >= 11 is 0. The van der Waals surface area contributed by atoms with E-state index in [1.165, 1.54) is 43.8 Å². The van der Waals surface area contributed by atoms with Gasteiger partial charge in [0.15, 0.2) is 0 Å². The number of terminal acetylenes is 1. The Morgan fingerprint density at radius 3 is 1.48 bits per heavy atom. The second kappa shape index (κ2) is 17.6. The van der Waals surface area contributed by atoms with E-state index in [4.69, 9.17) is 11.2 Å². The summed E-state index contributed by atoms with van der Waals surface area (Å²) in [5.41, 5.74) is 7.93. The molecule has 0 radical (unpaired) electrons. The van der Waals surface area contributed by atoms with E-state index in [0.29, 0.717) is 18.4 Å². The van der Waals surface area contributed by atoms with Gasteiger partial charge in [0.2, 0.25) is 0 Å². The summed E-state index contributed by atoms with van der Waals surface area (Å²) in [6, 6.07) is 44.4. The predicted octanol–water partition coefficient (Wildman–Crippen LogP) is 12.8. The number of aryl methyl sites for hydroxylation is 2. The molecule has 6 aromatic rings. The van der Waals surface area contributed by atoms with E-state index in [1.807, 2.05) is 42.5 Å². The van der Waals surface area contributed by atoms with Crippen molar-refractivity contribution in [3.05, 3.63) is 150 Å². The molecule has 1 nitrogen and oxygen atoms in total. The van der Waals surface area contributed by atoms with Crippen molar-refractivity contribution in [3.8, 4) is 29.2 Å². The van der Waals surface area contributed by atoms with Gasteiger partial charge in [-0.3, -0.25) is 0 Å². The third-order valence-electron chi connectivity index (χ3n) is 8.22. The van der Waals surface area contributed by atoms with Crippen molar-refractivity contribution in [1.29, 1.82) is 0 Å². The summed E-state index contributed by atoms with van der Waals surface area (Å²) in [4.78, 5) is 0. The first-order chi connectivity index (χ1) is 21.8. The van der Waals surface area contributed by atoms with Crippen LogP contribution in [0.2, 0.25) is 0 Å². The van der Waals surface area contributed by atoms with Crippen LogP contribution in [0.4, 0.5) is 0 Å². The Hall–Kier alpha value is -4.80. The van der Waals surface area contributed by atoms with Crippen molar-refractivity contribution in [2.24, 2.45) is 0 Å². The molecule has 0 amide bonds. The number of fused-ring (bicyclic) bond motifs is 2. The Kier molecular flexibility index (Phi) is 13.7. The van der Waals surface area contributed by atoms with E-state index in [9.17, 15) is 0 Å². The smallest absolute Gasteiger partial charge is 0.148 e. The summed E-state index contributed by atoms with van der Waals surface area (Å²) in [5.74, 6) is 4.59. The Labute approximate surface area is 278 Å². The minimum absolute atomic E-state index is 0. The lowest BCUT2D eigenvalue weighted by molar-refractivity contribution is 0.372. The normalized spacial score (nSPS) is 10.3. The van der Waals surface area contributed by atoms with Gasteiger partial charge in [0.1, 0.15) is 12.4 Å². The van der Waals surface area contributed by atoms with Gasteiger partial charge in [-0.1, -0.05) is 169 Å². The van der Waals surface area contributed by atoms with Crippen LogP contribution in [0.5, 0.6) is 5.75 Å². The molecule has 0 aliphatic heterocycles. The van der Waals surface area contributed by atoms with Crippen LogP contribution >= 0.6 is 0 Å². The van der Waals surface area contributed by atoms with E-state index < -0.39 is 0 Å². The first-order valence-corrected chi connectivity index (χ1v) is 16.0. The largest absolute Gasteiger partial charge is 0.480 e. The van der Waals surface area contributed by atoms with Crippen LogP contribution in [0.15, 0.2) is 127 Å². The molecule has 6 aromatic carbocycles. The molecule has 0 aromatic heterocycles. The van der Waals surface area contributed by atoms with Gasteiger partial charge in [-0.2, -0.15) is 0 Å². The van der Waals surface area contributed by atoms with Crippen molar-refractivity contribution in [2.45, 2.75) is 67.2 Å². The molecule has 0 saturated carbocycles. The van der Waals surface area contributed by atoms with E-state index >= 15 is 0 Å². The monoisotopic (exact) mass is 606 g/mol. The molecule has 6 rings (SSSR count). The molecule has 0 N–H and O–H groups in total. The van der Waals surface area contributed by atoms with E-state index in [-0.39, 0.29) is 7.43 Å². The zero-order chi connectivity index (χ0) is 32.2. The number of para-hydroxylation sites is 1. The molecule has 236 valence electrons. The van der Waals surface area contributed by atoms with Gasteiger partial charge < -0.3 is 4.74 Å². The molecule has 0 atom stereocenters. The summed E-state index contributed by atoms with van der Waals surface area (Å²) in [6.45, 7) is 13.7. The third kappa shape index (κ3) is 8.89. The second-order valence-corrected chi connectivity index (χ2v) is 11.9. The number of rotatable bonds is 6. The van der Waals surface area contributed by atoms with E-state index in [2.05, 4.69) is 132 Å². The summed E-state index contributed by atoms with van der Waals surface area (Å²) in [5, 5.41) is 5.60. The summed E-state index contributed by atoms with van der Waals surface area (Å²) in [7, 11) is 0. The van der Waals surface area contributed by atoms with Gasteiger partial charge >= 0.3 is 0 Å². The van der Waals surface area contributed by atoms with Crippen LogP contribution in [0.3, 0.4) is 0 Å². The molecule has 1 heteroatoms. The fraction of sp³-hybridized carbons (Fsp3) is 0.244. The number of benzene rings is 6. The number of hydrogen-bond donors (Lipinski definition) is 0. The quantitative estimate of drug-likeness (QED) is 0.135. The molecule has 0 heterocycles. The van der Waals surface area contributed by atoms with Crippen molar-refractivity contribution >= 4 is 21.5 Å². The van der Waals surface area contributed by atoms with Gasteiger partial charge in [0.25, 0.3) is 0 Å². The fourth-order valence-electron chi connectivity index (χ4n) is 5.65. The van der Waals surface area contributed by atoms with Crippen LogP contribution in [0, 0.1) is 19.3 Å². The maximum absolute atomic E-state index is 5.50. The molecule has 0 spiro atoms. The van der Waals surface area contributed by atoms with E-state index in [1.54, 1.807) is 0 Å². The molecule has 0 unspecified atom stereocenters. The van der Waals surface area contributed by atoms with Crippen molar-refractivity contribution < 1.29 is 4.74 Å². The van der Waals surface area contributed by atoms with Gasteiger partial charge in [-0.25, -0.2) is 0 Å². The first kappa shape index (κ1) is 35.7. The maximum atomic E-state index is 5.50. The van der Waals surface area contributed by atoms with E-state index in [0.717, 1.165) is 23.3 Å². The van der Waals surface area contributed by atoms with Crippen LogP contribution < -0.4 is 4.74 Å². The van der Waals surface area contributed by atoms with Crippen LogP contribution in [-0.4, -0.2) is 6.61 Å². The Morgan fingerprint density at radius 2 is 1.02 bits per heavy atom. The molecule has 46 heavy (non-hydrogen) atoms. The highest BCUT2D eigenvalue weighted by atomic mass is 16.5. The lowest BCUT2D eigenvalue weighted by Crippen LogP contribution is -1.95. The Bertz CT molecular complexity index is 1750. The average molecular weight is 607 g/mol. The zero-order valence-electron chi connectivity index (χ0n) is 27.7. The highest BCUT2D eigenvalue weighted by Crippen LogP contribution is 2.32. The van der Waals surface area contributed by atoms with Gasteiger partial charge in [0.05, 0.1) is 0 Å². The maximum Gasteiger partial charge on any atom is 0.148 e. The Balaban J connectivity index is 0.000000189. The fourth-order valence-corrected chi connectivity index (χ4v) is 5.65. The number of ether oxygens (including phenoxy) is 1. The lowest BCUT2D eigenvalue weighted by atomic mass is 9.91. The van der Waals surface area contributed by atoms with Crippen LogP contribution in [0.1, 0.15) is 76.1 Å². The van der Waals surface area contributed by atoms with Gasteiger partial charge in [0, 0.05) is 5.56 Å². The zero-order valence-corrected chi connectivity index (χ0v) is 27.7. The molecule has 0 saturated heterocycles. The standard InChI is InChI=1S/C17H16.C15H12O.C12H18.CH4/c1-3-13-16-10-6-4-8-14(16)12(2)15-9-5-7-11-17(13)15;1-2-12-16-15-11-7-6-10-14(15)13-8-4-3-5-9-13;1-9(2)11-5-7-12(8-6-11)10(3)4;/h4-11H,3H2,1-2H3;1,3-11H,12H2;5-10H,1-4H3;1H4. The van der Waals surface area contributed by atoms with Gasteiger partial charge in [-0.15, -0.1) is 6.42 Å². The summed E-state index contributed by atoms with van der Waals surface area (Å²) in [6.07, 6.45) is 6.27. The highest BCUT2D eigenvalue weighted by molar-refractivity contribution is 6.05. The first-order valence-electron chi connectivity index (χ1n) is 16.0. The van der Waals surface area contributed by atoms with Crippen LogP contribution in [-0.2, 0) is 6.42 Å². The molecule has 0 fully saturated rings. The topological polar surface area (TPSA) is 9.23 Å². The third-order valence-corrected chi connectivity index (χ3v) is 8.22. The van der Waals surface area contributed by atoms with Gasteiger partial charge in [-0.05, 0) is 80.6 Å². The molecular formula is C45H50O. The minimum Gasteiger partial charge on any atom is -0.480 e. The van der Waals surface area contributed by atoms with Crippen molar-refractivity contribution in [2.75, 3.05) is 6.61 Å². The van der Waals surface area contributed by atoms with Crippen LogP contribution in [0.25, 0.3) is 32.7 Å². The van der Waals surface area contributed by atoms with Crippen molar-refractivity contribution in [1.82, 2.24) is 0 Å². The highest BCUT2D eigenvalue weighted by Gasteiger charge is 2.09. The predicted molar refractivity (Wildman–Crippen MR) is 203 cm³/mol. The second-order valence-electron chi connectivity index (χ2n) is 11.9. The lowest BCUT2D eigenvalue weighted by Gasteiger charge is -2.13. The average Bonchev–Trinajstić information content (AvgIpc) is 3.09. The number of hydrogen-bond acceptors (Lipinski definition) is 1. The SMILES string of the molecule is C.C#CCOc1ccccc1-c1ccccc1.CC(C)c1ccc(C(C)C)cc1.CCc1c2ccccc2c(C)c2ccccc12. The molecule has 0 bridgehead atoms. The summed E-state index contributed by atoms with van der Waals surface area (Å²) < 4.78 is 5.50. The van der Waals surface area contributed by atoms with Crippen molar-refractivity contribution in [3.63, 3.8) is 0 Å². The minimum atomic E-state index is 0. The molecule has 0 aliphatic carbocycles. The molecule has 0 aliphatic rings.